The number of benzene rings is 2. The fourth-order valence-electron chi connectivity index (χ4n) is 4.27. The number of piperazine rings is 1. The molecule has 0 saturated carbocycles. The molecule has 3 heterocycles. The predicted octanol–water partition coefficient (Wildman–Crippen LogP) is 5.47. The fraction of sp³-hybridized carbons (Fsp3) is 0.231. The Hall–Kier alpha value is -3.86. The molecule has 0 unspecified atom stereocenters. The van der Waals surface area contributed by atoms with E-state index in [4.69, 9.17) is 0 Å². The maximum atomic E-state index is 13.1. The van der Waals surface area contributed by atoms with Crippen molar-refractivity contribution in [2.45, 2.75) is 11.2 Å². The summed E-state index contributed by atoms with van der Waals surface area (Å²) in [4.78, 5) is 29.9. The first kappa shape index (κ1) is 24.8. The zero-order chi connectivity index (χ0) is 26.0. The zero-order valence-corrected chi connectivity index (χ0v) is 20.7. The summed E-state index contributed by atoms with van der Waals surface area (Å²) in [6.07, 6.45) is 2.35. The molecule has 5 rings (SSSR count). The van der Waals surface area contributed by atoms with Gasteiger partial charge >= 0.3 is 6.18 Å². The summed E-state index contributed by atoms with van der Waals surface area (Å²) >= 11 is 1.55. The summed E-state index contributed by atoms with van der Waals surface area (Å²) in [5.41, 5.74) is 1.41. The van der Waals surface area contributed by atoms with Gasteiger partial charge in [-0.2, -0.15) is 13.2 Å². The van der Waals surface area contributed by atoms with Crippen LogP contribution in [0, 0.1) is 0 Å². The maximum Gasteiger partial charge on any atom is 0.416 e. The first-order chi connectivity index (χ1) is 17.8. The molecular formula is C26H23F3N6OS. The van der Waals surface area contributed by atoms with Gasteiger partial charge < -0.3 is 15.1 Å². The molecule has 37 heavy (non-hydrogen) atoms. The normalized spacial score (nSPS) is 14.2. The Morgan fingerprint density at radius 3 is 2.35 bits per heavy atom. The Morgan fingerprint density at radius 2 is 1.65 bits per heavy atom. The molecule has 11 heteroatoms. The van der Waals surface area contributed by atoms with Crippen LogP contribution in [0.25, 0.3) is 10.9 Å². The van der Waals surface area contributed by atoms with E-state index >= 15 is 0 Å². The number of hydrogen-bond acceptors (Lipinski definition) is 7. The van der Waals surface area contributed by atoms with E-state index in [2.05, 4.69) is 25.2 Å². The molecule has 1 fully saturated rings. The highest BCUT2D eigenvalue weighted by atomic mass is 32.2. The molecule has 1 amide bonds. The standard InChI is InChI=1S/C26H23F3N6OS/c1-37-24-23(31-10-11-32-24)34-12-14-35(15-13-34)25(36)17-2-5-19(6-3-17)33-21-8-9-30-22-16-18(26(27,28)29)4-7-20(21)22/h2-11,16H,12-15H2,1H3,(H,30,33). The summed E-state index contributed by atoms with van der Waals surface area (Å²) in [6, 6.07) is 12.3. The number of carbonyl (C=O) groups is 1. The van der Waals surface area contributed by atoms with Gasteiger partial charge in [-0.05, 0) is 48.7 Å². The average molecular weight is 525 g/mol. The van der Waals surface area contributed by atoms with E-state index in [1.165, 1.54) is 12.3 Å². The van der Waals surface area contributed by atoms with Gasteiger partial charge in [0.2, 0.25) is 0 Å². The molecule has 1 N–H and O–H groups in total. The van der Waals surface area contributed by atoms with Gasteiger partial charge in [0.1, 0.15) is 5.03 Å². The molecule has 0 aliphatic carbocycles. The number of nitrogens with one attached hydrogen (secondary N) is 1. The van der Waals surface area contributed by atoms with Gasteiger partial charge in [0, 0.05) is 67.1 Å². The monoisotopic (exact) mass is 524 g/mol. The second-order valence-electron chi connectivity index (χ2n) is 8.46. The highest BCUT2D eigenvalue weighted by molar-refractivity contribution is 7.98. The van der Waals surface area contributed by atoms with Crippen molar-refractivity contribution in [3.63, 3.8) is 0 Å². The lowest BCUT2D eigenvalue weighted by molar-refractivity contribution is -0.137. The van der Waals surface area contributed by atoms with Crippen LogP contribution < -0.4 is 10.2 Å². The molecule has 2 aromatic heterocycles. The number of fused-ring (bicyclic) bond motifs is 1. The van der Waals surface area contributed by atoms with Crippen molar-refractivity contribution in [1.29, 1.82) is 0 Å². The summed E-state index contributed by atoms with van der Waals surface area (Å²) in [6.45, 7) is 2.49. The summed E-state index contributed by atoms with van der Waals surface area (Å²) < 4.78 is 39.1. The van der Waals surface area contributed by atoms with Crippen molar-refractivity contribution in [1.82, 2.24) is 19.9 Å². The number of aromatic nitrogens is 3. The minimum absolute atomic E-state index is 0.0514. The lowest BCUT2D eigenvalue weighted by Gasteiger charge is -2.35. The summed E-state index contributed by atoms with van der Waals surface area (Å²) in [7, 11) is 0. The Balaban J connectivity index is 1.25. The van der Waals surface area contributed by atoms with Gasteiger partial charge in [0.05, 0.1) is 11.1 Å². The number of carbonyl (C=O) groups excluding carboxylic acids is 1. The first-order valence-electron chi connectivity index (χ1n) is 11.6. The van der Waals surface area contributed by atoms with Crippen molar-refractivity contribution in [2.75, 3.05) is 42.7 Å². The predicted molar refractivity (Wildman–Crippen MR) is 138 cm³/mol. The van der Waals surface area contributed by atoms with E-state index in [-0.39, 0.29) is 11.4 Å². The number of nitrogens with zero attached hydrogens (tertiary/aromatic N) is 5. The number of anilines is 3. The van der Waals surface area contributed by atoms with Crippen LogP contribution in [0.2, 0.25) is 0 Å². The number of hydrogen-bond donors (Lipinski definition) is 1. The lowest BCUT2D eigenvalue weighted by atomic mass is 10.1. The smallest absolute Gasteiger partial charge is 0.355 e. The number of thioether (sulfide) groups is 1. The quantitative estimate of drug-likeness (QED) is 0.347. The second kappa shape index (κ2) is 10.3. The van der Waals surface area contributed by atoms with Crippen LogP contribution in [0.1, 0.15) is 15.9 Å². The van der Waals surface area contributed by atoms with E-state index in [0.717, 1.165) is 23.0 Å². The third-order valence-corrected chi connectivity index (χ3v) is 6.86. The fourth-order valence-corrected chi connectivity index (χ4v) is 4.80. The van der Waals surface area contributed by atoms with Crippen molar-refractivity contribution < 1.29 is 18.0 Å². The highest BCUT2D eigenvalue weighted by Gasteiger charge is 2.30. The van der Waals surface area contributed by atoms with Gasteiger partial charge in [-0.25, -0.2) is 9.97 Å². The van der Waals surface area contributed by atoms with E-state index in [1.807, 2.05) is 11.2 Å². The first-order valence-corrected chi connectivity index (χ1v) is 12.8. The Morgan fingerprint density at radius 1 is 0.919 bits per heavy atom. The van der Waals surface area contributed by atoms with E-state index in [0.29, 0.717) is 48.5 Å². The second-order valence-corrected chi connectivity index (χ2v) is 9.25. The molecule has 2 aromatic carbocycles. The van der Waals surface area contributed by atoms with Gasteiger partial charge in [0.25, 0.3) is 5.91 Å². The molecule has 190 valence electrons. The van der Waals surface area contributed by atoms with Crippen LogP contribution in [-0.4, -0.2) is 58.2 Å². The third-order valence-electron chi connectivity index (χ3n) is 6.19. The highest BCUT2D eigenvalue weighted by Crippen LogP contribution is 2.33. The molecule has 4 aromatic rings. The maximum absolute atomic E-state index is 13.1. The van der Waals surface area contributed by atoms with Gasteiger partial charge in [-0.1, -0.05) is 6.07 Å². The molecule has 0 atom stereocenters. The van der Waals surface area contributed by atoms with Crippen LogP contribution in [0.5, 0.6) is 0 Å². The molecule has 0 spiro atoms. The molecule has 0 bridgehead atoms. The van der Waals surface area contributed by atoms with Gasteiger partial charge in [-0.15, -0.1) is 11.8 Å². The molecular weight excluding hydrogens is 501 g/mol. The van der Waals surface area contributed by atoms with E-state index in [1.54, 1.807) is 54.5 Å². The van der Waals surface area contributed by atoms with Crippen molar-refractivity contribution in [2.24, 2.45) is 0 Å². The van der Waals surface area contributed by atoms with Crippen LogP contribution in [-0.2, 0) is 6.18 Å². The minimum Gasteiger partial charge on any atom is -0.355 e. The third kappa shape index (κ3) is 5.31. The van der Waals surface area contributed by atoms with Crippen molar-refractivity contribution in [3.05, 3.63) is 78.2 Å². The van der Waals surface area contributed by atoms with Crippen LogP contribution in [0.4, 0.5) is 30.4 Å². The van der Waals surface area contributed by atoms with Crippen molar-refractivity contribution >= 4 is 45.8 Å². The van der Waals surface area contributed by atoms with Gasteiger partial charge in [0.15, 0.2) is 5.82 Å². The van der Waals surface area contributed by atoms with Gasteiger partial charge in [-0.3, -0.25) is 9.78 Å². The number of amides is 1. The Labute approximate surface area is 215 Å². The summed E-state index contributed by atoms with van der Waals surface area (Å²) in [5.74, 6) is 0.792. The van der Waals surface area contributed by atoms with Crippen LogP contribution >= 0.6 is 11.8 Å². The average Bonchev–Trinajstić information content (AvgIpc) is 2.92. The molecule has 1 saturated heterocycles. The lowest BCUT2D eigenvalue weighted by Crippen LogP contribution is -2.49. The summed E-state index contributed by atoms with van der Waals surface area (Å²) in [5, 5.41) is 4.66. The van der Waals surface area contributed by atoms with Crippen LogP contribution in [0.15, 0.2) is 72.1 Å². The SMILES string of the molecule is CSc1nccnc1N1CCN(C(=O)c2ccc(Nc3ccnc4cc(C(F)(F)F)ccc34)cc2)CC1. The topological polar surface area (TPSA) is 74.2 Å². The number of rotatable bonds is 5. The van der Waals surface area contributed by atoms with Crippen LogP contribution in [0.3, 0.4) is 0 Å². The largest absolute Gasteiger partial charge is 0.416 e. The van der Waals surface area contributed by atoms with E-state index in [9.17, 15) is 18.0 Å². The van der Waals surface area contributed by atoms with E-state index < -0.39 is 11.7 Å². The number of alkyl halides is 3. The minimum atomic E-state index is -4.43. The number of pyridine rings is 1. The zero-order valence-electron chi connectivity index (χ0n) is 19.9. The number of halogens is 3. The Kier molecular flexibility index (Phi) is 6.88. The van der Waals surface area contributed by atoms with Crippen molar-refractivity contribution in [3.8, 4) is 0 Å². The Bertz CT molecular complexity index is 1420. The molecule has 1 aliphatic heterocycles. The molecule has 1 aliphatic rings. The molecule has 0 radical (unpaired) electrons. The molecule has 7 nitrogen and oxygen atoms in total.